The van der Waals surface area contributed by atoms with Gasteiger partial charge in [0.1, 0.15) is 5.75 Å². The lowest BCUT2D eigenvalue weighted by Crippen LogP contribution is -2.37. The zero-order valence-corrected chi connectivity index (χ0v) is 13.4. The molecule has 0 saturated heterocycles. The first-order chi connectivity index (χ1) is 10.2. The molecule has 0 aliphatic heterocycles. The van der Waals surface area contributed by atoms with Gasteiger partial charge in [-0.1, -0.05) is 56.5 Å². The van der Waals surface area contributed by atoms with E-state index in [0.717, 1.165) is 17.5 Å². The summed E-state index contributed by atoms with van der Waals surface area (Å²) in [5, 5.41) is 13.7. The van der Waals surface area contributed by atoms with Crippen molar-refractivity contribution in [2.45, 2.75) is 63.8 Å². The fourth-order valence-corrected chi connectivity index (χ4v) is 4.46. The molecule has 0 bridgehead atoms. The first-order valence-electron chi connectivity index (χ1n) is 8.49. The van der Waals surface area contributed by atoms with Crippen LogP contribution in [0.4, 0.5) is 5.69 Å². The van der Waals surface area contributed by atoms with Crippen LogP contribution in [0.15, 0.2) is 18.2 Å². The molecule has 0 radical (unpaired) electrons. The van der Waals surface area contributed by atoms with E-state index < -0.39 is 0 Å². The van der Waals surface area contributed by atoms with E-state index in [1.54, 1.807) is 6.07 Å². The zero-order chi connectivity index (χ0) is 14.7. The second-order valence-corrected chi connectivity index (χ2v) is 7.17. The van der Waals surface area contributed by atoms with E-state index in [-0.39, 0.29) is 5.75 Å². The van der Waals surface area contributed by atoms with Crippen LogP contribution in [0.2, 0.25) is 5.02 Å². The van der Waals surface area contributed by atoms with Crippen molar-refractivity contribution in [2.75, 3.05) is 5.32 Å². The quantitative estimate of drug-likeness (QED) is 0.713. The summed E-state index contributed by atoms with van der Waals surface area (Å²) in [4.78, 5) is 0. The Balaban J connectivity index is 1.69. The average molecular weight is 308 g/mol. The summed E-state index contributed by atoms with van der Waals surface area (Å²) in [5.41, 5.74) is 1.05. The van der Waals surface area contributed by atoms with Crippen LogP contribution in [0.25, 0.3) is 0 Å². The van der Waals surface area contributed by atoms with Crippen LogP contribution in [0.3, 0.4) is 0 Å². The molecule has 0 spiro atoms. The third kappa shape index (κ3) is 3.66. The van der Waals surface area contributed by atoms with Crippen molar-refractivity contribution >= 4 is 17.3 Å². The Bertz CT molecular complexity index is 470. The highest BCUT2D eigenvalue weighted by molar-refractivity contribution is 6.32. The van der Waals surface area contributed by atoms with Crippen molar-refractivity contribution < 1.29 is 5.11 Å². The van der Waals surface area contributed by atoms with Crippen molar-refractivity contribution in [1.82, 2.24) is 0 Å². The molecular formula is C18H26ClNO. The van der Waals surface area contributed by atoms with Gasteiger partial charge in [0.15, 0.2) is 0 Å². The maximum absolute atomic E-state index is 9.55. The molecule has 2 aliphatic rings. The van der Waals surface area contributed by atoms with Crippen LogP contribution in [0, 0.1) is 11.8 Å². The smallest absolute Gasteiger partial charge is 0.134 e. The van der Waals surface area contributed by atoms with Gasteiger partial charge in [-0.3, -0.25) is 0 Å². The van der Waals surface area contributed by atoms with Crippen LogP contribution < -0.4 is 5.32 Å². The molecule has 1 aromatic carbocycles. The predicted molar refractivity (Wildman–Crippen MR) is 89.1 cm³/mol. The number of nitrogens with one attached hydrogen (secondary N) is 1. The third-order valence-corrected chi connectivity index (χ3v) is 5.68. The minimum atomic E-state index is 0.162. The normalized spacial score (nSPS) is 27.5. The Labute approximate surface area is 132 Å². The molecule has 2 aliphatic carbocycles. The molecular weight excluding hydrogens is 282 g/mol. The highest BCUT2D eigenvalue weighted by Gasteiger charge is 2.32. The predicted octanol–water partition coefficient (Wildman–Crippen LogP) is 5.60. The average Bonchev–Trinajstić information content (AvgIpc) is 2.52. The van der Waals surface area contributed by atoms with E-state index >= 15 is 0 Å². The lowest BCUT2D eigenvalue weighted by Gasteiger charge is -2.39. The van der Waals surface area contributed by atoms with Gasteiger partial charge in [0.05, 0.1) is 5.02 Å². The lowest BCUT2D eigenvalue weighted by molar-refractivity contribution is 0.180. The van der Waals surface area contributed by atoms with Gasteiger partial charge in [0, 0.05) is 11.7 Å². The molecule has 2 nitrogen and oxygen atoms in total. The summed E-state index contributed by atoms with van der Waals surface area (Å²) in [6.45, 7) is 0. The largest absolute Gasteiger partial charge is 0.506 e. The van der Waals surface area contributed by atoms with Gasteiger partial charge in [0.2, 0.25) is 0 Å². The Morgan fingerprint density at radius 1 is 0.952 bits per heavy atom. The number of rotatable bonds is 3. The van der Waals surface area contributed by atoms with Crippen molar-refractivity contribution in [3.05, 3.63) is 23.2 Å². The number of hydrogen-bond acceptors (Lipinski definition) is 2. The second-order valence-electron chi connectivity index (χ2n) is 6.76. The molecule has 0 amide bonds. The molecule has 3 rings (SSSR count). The third-order valence-electron chi connectivity index (χ3n) is 5.37. The highest BCUT2D eigenvalue weighted by atomic mass is 35.5. The summed E-state index contributed by atoms with van der Waals surface area (Å²) in [5.74, 6) is 1.88. The molecule has 2 saturated carbocycles. The number of benzene rings is 1. The lowest BCUT2D eigenvalue weighted by atomic mass is 9.71. The van der Waals surface area contributed by atoms with Gasteiger partial charge in [0.25, 0.3) is 0 Å². The van der Waals surface area contributed by atoms with E-state index in [2.05, 4.69) is 5.32 Å². The van der Waals surface area contributed by atoms with E-state index in [1.807, 2.05) is 12.1 Å². The maximum atomic E-state index is 9.55. The summed E-state index contributed by atoms with van der Waals surface area (Å²) in [6.07, 6.45) is 12.4. The van der Waals surface area contributed by atoms with Gasteiger partial charge in [-0.2, -0.15) is 0 Å². The van der Waals surface area contributed by atoms with Gasteiger partial charge in [-0.05, 0) is 42.9 Å². The van der Waals surface area contributed by atoms with Crippen molar-refractivity contribution in [3.63, 3.8) is 0 Å². The Morgan fingerprint density at radius 3 is 2.43 bits per heavy atom. The van der Waals surface area contributed by atoms with Gasteiger partial charge in [-0.15, -0.1) is 0 Å². The number of halogens is 1. The first kappa shape index (κ1) is 15.0. The van der Waals surface area contributed by atoms with Crippen LogP contribution in [0.5, 0.6) is 5.75 Å². The van der Waals surface area contributed by atoms with E-state index in [0.29, 0.717) is 11.1 Å². The van der Waals surface area contributed by atoms with E-state index in [4.69, 9.17) is 11.6 Å². The number of anilines is 1. The Kier molecular flexibility index (Phi) is 4.95. The maximum Gasteiger partial charge on any atom is 0.134 e. The Hall–Kier alpha value is -0.890. The fourth-order valence-electron chi connectivity index (χ4n) is 4.28. The van der Waals surface area contributed by atoms with Crippen molar-refractivity contribution in [3.8, 4) is 5.75 Å². The minimum Gasteiger partial charge on any atom is -0.506 e. The van der Waals surface area contributed by atoms with Gasteiger partial charge < -0.3 is 10.4 Å². The van der Waals surface area contributed by atoms with Gasteiger partial charge in [-0.25, -0.2) is 0 Å². The summed E-state index contributed by atoms with van der Waals surface area (Å²) >= 11 is 6.03. The molecule has 0 aromatic heterocycles. The number of phenols is 1. The molecule has 116 valence electrons. The van der Waals surface area contributed by atoms with Crippen molar-refractivity contribution in [1.29, 1.82) is 0 Å². The molecule has 2 unspecified atom stereocenters. The number of phenolic OH excluding ortho intramolecular Hbond substituents is 1. The monoisotopic (exact) mass is 307 g/mol. The van der Waals surface area contributed by atoms with Crippen LogP contribution in [-0.2, 0) is 0 Å². The van der Waals surface area contributed by atoms with Crippen LogP contribution in [0.1, 0.15) is 57.8 Å². The summed E-state index contributed by atoms with van der Waals surface area (Å²) < 4.78 is 0. The molecule has 1 aromatic rings. The van der Waals surface area contributed by atoms with E-state index in [1.165, 1.54) is 57.8 Å². The minimum absolute atomic E-state index is 0.162. The van der Waals surface area contributed by atoms with Gasteiger partial charge >= 0.3 is 0 Å². The molecule has 21 heavy (non-hydrogen) atoms. The molecule has 2 N–H and O–H groups in total. The molecule has 0 heterocycles. The highest BCUT2D eigenvalue weighted by Crippen LogP contribution is 2.40. The standard InChI is InChI=1S/C18H26ClNO/c19-16-12-14(10-11-18(16)21)20-17-9-5-4-8-15(17)13-6-2-1-3-7-13/h10-13,15,17,20-21H,1-9H2. The molecule has 3 heteroatoms. The van der Waals surface area contributed by atoms with Crippen LogP contribution >= 0.6 is 11.6 Å². The number of hydrogen-bond donors (Lipinski definition) is 2. The van der Waals surface area contributed by atoms with E-state index in [9.17, 15) is 5.11 Å². The first-order valence-corrected chi connectivity index (χ1v) is 8.87. The van der Waals surface area contributed by atoms with Crippen molar-refractivity contribution in [2.24, 2.45) is 11.8 Å². The SMILES string of the molecule is Oc1ccc(NC2CCCCC2C2CCCCC2)cc1Cl. The number of aromatic hydroxyl groups is 1. The van der Waals surface area contributed by atoms with Crippen LogP contribution in [-0.4, -0.2) is 11.1 Å². The topological polar surface area (TPSA) is 32.3 Å². The molecule has 2 atom stereocenters. The fraction of sp³-hybridized carbons (Fsp3) is 0.667. The zero-order valence-electron chi connectivity index (χ0n) is 12.7. The second kappa shape index (κ2) is 6.91. The summed E-state index contributed by atoms with van der Waals surface area (Å²) in [6, 6.07) is 6.04. The summed E-state index contributed by atoms with van der Waals surface area (Å²) in [7, 11) is 0. The Morgan fingerprint density at radius 2 is 1.67 bits per heavy atom. The molecule has 2 fully saturated rings.